The number of piperidine rings is 1. The zero-order chi connectivity index (χ0) is 23.7. The summed E-state index contributed by atoms with van der Waals surface area (Å²) in [5, 5.41) is 3.93. The summed E-state index contributed by atoms with van der Waals surface area (Å²) in [5.41, 5.74) is 5.85. The highest BCUT2D eigenvalue weighted by Gasteiger charge is 2.34. The number of benzene rings is 1. The molecular weight excluding hydrogens is 512 g/mol. The average Bonchev–Trinajstić information content (AvgIpc) is 3.01. The van der Waals surface area contributed by atoms with Crippen molar-refractivity contribution in [3.8, 4) is 0 Å². The van der Waals surface area contributed by atoms with Crippen LogP contribution in [0.1, 0.15) is 59.9 Å². The Hall–Kier alpha value is -2.28. The molecule has 0 spiro atoms. The van der Waals surface area contributed by atoms with E-state index in [-0.39, 0.29) is 23.9 Å². The molecule has 0 radical (unpaired) electrons. The first-order valence-corrected chi connectivity index (χ1v) is 13.0. The summed E-state index contributed by atoms with van der Waals surface area (Å²) in [4.78, 5) is 24.7. The van der Waals surface area contributed by atoms with Gasteiger partial charge in [-0.3, -0.25) is 19.7 Å². The number of aryl methyl sites for hydroxylation is 2. The predicted molar refractivity (Wildman–Crippen MR) is 138 cm³/mol. The highest BCUT2D eigenvalue weighted by atomic mass is 79.9. The van der Waals surface area contributed by atoms with Gasteiger partial charge in [0.05, 0.1) is 23.5 Å². The lowest BCUT2D eigenvalue weighted by atomic mass is 9.90. The van der Waals surface area contributed by atoms with Gasteiger partial charge in [-0.1, -0.05) is 23.7 Å². The number of likely N-dealkylation sites (tertiary alicyclic amines) is 1. The van der Waals surface area contributed by atoms with E-state index in [1.807, 2.05) is 37.4 Å². The van der Waals surface area contributed by atoms with Crippen molar-refractivity contribution < 1.29 is 4.79 Å². The molecule has 3 aromatic rings. The predicted octanol–water partition coefficient (Wildman–Crippen LogP) is 5.67. The third-order valence-electron chi connectivity index (χ3n) is 7.05. The Morgan fingerprint density at radius 3 is 2.68 bits per heavy atom. The molecule has 1 amide bonds. The zero-order valence-electron chi connectivity index (χ0n) is 19.2. The van der Waals surface area contributed by atoms with E-state index in [1.165, 1.54) is 16.7 Å². The molecule has 176 valence electrons. The number of carbonyl (C=O) groups is 1. The number of fused-ring (bicyclic) bond motifs is 2. The molecule has 2 aliphatic rings. The molecule has 1 aromatic carbocycles. The fraction of sp³-hybridized carbons (Fsp3) is 0.370. The van der Waals surface area contributed by atoms with Gasteiger partial charge in [-0.2, -0.15) is 0 Å². The Bertz CT molecular complexity index is 1130. The highest BCUT2D eigenvalue weighted by molar-refractivity contribution is 9.10. The second kappa shape index (κ2) is 10.1. The second-order valence-electron chi connectivity index (χ2n) is 9.24. The van der Waals surface area contributed by atoms with Crippen LogP contribution in [0.2, 0.25) is 5.02 Å². The lowest BCUT2D eigenvalue weighted by Crippen LogP contribution is -2.43. The van der Waals surface area contributed by atoms with E-state index in [9.17, 15) is 4.79 Å². The van der Waals surface area contributed by atoms with Crippen molar-refractivity contribution in [2.45, 2.75) is 44.7 Å². The van der Waals surface area contributed by atoms with Crippen molar-refractivity contribution in [2.24, 2.45) is 5.92 Å². The topological polar surface area (TPSA) is 58.1 Å². The molecule has 3 heterocycles. The summed E-state index contributed by atoms with van der Waals surface area (Å²) in [7, 11) is 0. The quantitative estimate of drug-likeness (QED) is 0.464. The number of hydrogen-bond acceptors (Lipinski definition) is 4. The molecule has 1 N–H and O–H groups in total. The molecule has 1 fully saturated rings. The summed E-state index contributed by atoms with van der Waals surface area (Å²) in [5.74, 6) is 0.128. The Balaban J connectivity index is 1.34. The maximum Gasteiger partial charge on any atom is 0.223 e. The lowest BCUT2D eigenvalue weighted by Gasteiger charge is -2.38. The van der Waals surface area contributed by atoms with Gasteiger partial charge in [-0.05, 0) is 109 Å². The minimum Gasteiger partial charge on any atom is -0.348 e. The molecule has 1 aliphatic heterocycles. The van der Waals surface area contributed by atoms with E-state index in [1.54, 1.807) is 6.20 Å². The van der Waals surface area contributed by atoms with Crippen LogP contribution in [0.5, 0.6) is 0 Å². The Labute approximate surface area is 214 Å². The first kappa shape index (κ1) is 23.5. The van der Waals surface area contributed by atoms with Gasteiger partial charge >= 0.3 is 0 Å². The number of hydrogen-bond donors (Lipinski definition) is 1. The van der Waals surface area contributed by atoms with Crippen LogP contribution in [0.3, 0.4) is 0 Å². The van der Waals surface area contributed by atoms with Gasteiger partial charge < -0.3 is 5.32 Å². The van der Waals surface area contributed by atoms with Crippen molar-refractivity contribution in [3.05, 3.63) is 92.4 Å². The molecule has 2 aromatic heterocycles. The first-order chi connectivity index (χ1) is 16.5. The number of aromatic nitrogens is 2. The number of amides is 1. The van der Waals surface area contributed by atoms with E-state index >= 15 is 0 Å². The van der Waals surface area contributed by atoms with Crippen LogP contribution >= 0.6 is 27.5 Å². The van der Waals surface area contributed by atoms with Gasteiger partial charge in [0.15, 0.2) is 0 Å². The van der Waals surface area contributed by atoms with Crippen molar-refractivity contribution in [1.29, 1.82) is 0 Å². The molecule has 34 heavy (non-hydrogen) atoms. The summed E-state index contributed by atoms with van der Waals surface area (Å²) < 4.78 is 1.01. The number of rotatable bonds is 4. The highest BCUT2D eigenvalue weighted by Crippen LogP contribution is 2.39. The third-order valence-corrected chi connectivity index (χ3v) is 7.71. The summed E-state index contributed by atoms with van der Waals surface area (Å²) in [6, 6.07) is 14.2. The largest absolute Gasteiger partial charge is 0.348 e. The van der Waals surface area contributed by atoms with Gasteiger partial charge in [-0.15, -0.1) is 0 Å². The Kier molecular flexibility index (Phi) is 7.00. The average molecular weight is 540 g/mol. The monoisotopic (exact) mass is 538 g/mol. The Morgan fingerprint density at radius 1 is 1.12 bits per heavy atom. The standard InChI is InChI=1S/C27H28BrClN4O/c1-17(24-4-2-3-11-30-24)32-27(34)18-9-12-33(13-10-18)26-23-8-7-22(29)15-19(23)5-6-20-14-21(28)16-31-25(20)26/h2-4,7-8,11,14-18,26H,5-6,9-10,12-13H2,1H3,(H,32,34). The molecule has 5 nitrogen and oxygen atoms in total. The maximum atomic E-state index is 13.0. The molecule has 2 atom stereocenters. The minimum absolute atomic E-state index is 0.00947. The smallest absolute Gasteiger partial charge is 0.223 e. The second-order valence-corrected chi connectivity index (χ2v) is 10.6. The molecule has 2 unspecified atom stereocenters. The SMILES string of the molecule is CC(NC(=O)C1CCN(C2c3ccc(Cl)cc3CCc3cc(Br)cnc32)CC1)c1ccccn1. The van der Waals surface area contributed by atoms with Crippen LogP contribution in [0.4, 0.5) is 0 Å². The van der Waals surface area contributed by atoms with Crippen LogP contribution in [0.25, 0.3) is 0 Å². The van der Waals surface area contributed by atoms with Gasteiger partial charge in [0, 0.05) is 27.8 Å². The molecule has 5 rings (SSSR count). The summed E-state index contributed by atoms with van der Waals surface area (Å²) >= 11 is 9.95. The zero-order valence-corrected chi connectivity index (χ0v) is 21.5. The van der Waals surface area contributed by atoms with Gasteiger partial charge in [0.1, 0.15) is 0 Å². The fourth-order valence-electron chi connectivity index (χ4n) is 5.24. The Morgan fingerprint density at radius 2 is 1.91 bits per heavy atom. The minimum atomic E-state index is -0.0975. The van der Waals surface area contributed by atoms with Gasteiger partial charge in [0.2, 0.25) is 5.91 Å². The molecule has 1 aliphatic carbocycles. The molecular formula is C27H28BrClN4O. The fourth-order valence-corrected chi connectivity index (χ4v) is 5.81. The van der Waals surface area contributed by atoms with Gasteiger partial charge in [-0.25, -0.2) is 0 Å². The van der Waals surface area contributed by atoms with E-state index in [0.29, 0.717) is 0 Å². The normalized spacial score (nSPS) is 19.6. The van der Waals surface area contributed by atoms with Crippen molar-refractivity contribution in [3.63, 3.8) is 0 Å². The molecule has 0 bridgehead atoms. The van der Waals surface area contributed by atoms with E-state index in [2.05, 4.69) is 49.3 Å². The van der Waals surface area contributed by atoms with Crippen LogP contribution in [-0.2, 0) is 17.6 Å². The van der Waals surface area contributed by atoms with Crippen molar-refractivity contribution in [2.75, 3.05) is 13.1 Å². The van der Waals surface area contributed by atoms with E-state index in [4.69, 9.17) is 16.6 Å². The number of halogens is 2. The number of pyridine rings is 2. The van der Waals surface area contributed by atoms with Crippen LogP contribution in [0.15, 0.2) is 59.3 Å². The van der Waals surface area contributed by atoms with Crippen LogP contribution in [-0.4, -0.2) is 33.9 Å². The molecule has 7 heteroatoms. The van der Waals surface area contributed by atoms with Crippen LogP contribution < -0.4 is 5.32 Å². The van der Waals surface area contributed by atoms with Crippen LogP contribution in [0, 0.1) is 5.92 Å². The van der Waals surface area contributed by atoms with Crippen molar-refractivity contribution >= 4 is 33.4 Å². The molecule has 0 saturated carbocycles. The summed E-state index contributed by atoms with van der Waals surface area (Å²) in [6.07, 6.45) is 7.19. The lowest BCUT2D eigenvalue weighted by molar-refractivity contribution is -0.127. The van der Waals surface area contributed by atoms with Gasteiger partial charge in [0.25, 0.3) is 0 Å². The number of nitrogens with zero attached hydrogens (tertiary/aromatic N) is 3. The maximum absolute atomic E-state index is 13.0. The third kappa shape index (κ3) is 4.90. The number of carbonyl (C=O) groups excluding carboxylic acids is 1. The van der Waals surface area contributed by atoms with E-state index < -0.39 is 0 Å². The number of nitrogens with one attached hydrogen (secondary N) is 1. The molecule has 1 saturated heterocycles. The van der Waals surface area contributed by atoms with Crippen molar-refractivity contribution in [1.82, 2.24) is 20.2 Å². The summed E-state index contributed by atoms with van der Waals surface area (Å²) in [6.45, 7) is 3.68. The first-order valence-electron chi connectivity index (χ1n) is 11.9. The van der Waals surface area contributed by atoms with E-state index in [0.717, 1.165) is 59.7 Å².